The van der Waals surface area contributed by atoms with Crippen LogP contribution >= 0.6 is 15.9 Å². The smallest absolute Gasteiger partial charge is 0.435 e. The van der Waals surface area contributed by atoms with Crippen LogP contribution in [0.5, 0.6) is 0 Å². The van der Waals surface area contributed by atoms with E-state index in [2.05, 4.69) is 21.0 Å². The largest absolute Gasteiger partial charge is 0.478 e. The molecule has 2 rings (SSSR count). The molecule has 8 heteroatoms. The van der Waals surface area contributed by atoms with Crippen LogP contribution in [0.3, 0.4) is 0 Å². The second-order valence-electron chi connectivity index (χ2n) is 3.61. The molecular weight excluding hydrogens is 329 g/mol. The molecule has 1 heterocycles. The molecule has 0 saturated carbocycles. The predicted molar refractivity (Wildman–Crippen MR) is 63.2 cm³/mol. The molecule has 0 bridgehead atoms. The number of carboxylic acid groups (broad SMARTS) is 1. The van der Waals surface area contributed by atoms with Gasteiger partial charge < -0.3 is 5.11 Å². The van der Waals surface area contributed by atoms with Gasteiger partial charge in [-0.05, 0) is 24.3 Å². The summed E-state index contributed by atoms with van der Waals surface area (Å²) in [5, 5.41) is 12.4. The van der Waals surface area contributed by atoms with Gasteiger partial charge >= 0.3 is 12.1 Å². The van der Waals surface area contributed by atoms with Crippen LogP contribution in [0.15, 0.2) is 34.9 Å². The summed E-state index contributed by atoms with van der Waals surface area (Å²) in [6, 6.07) is 4.98. The van der Waals surface area contributed by atoms with E-state index in [1.165, 1.54) is 18.2 Å². The average molecular weight is 335 g/mol. The molecule has 0 aliphatic heterocycles. The van der Waals surface area contributed by atoms with Crippen LogP contribution in [0.1, 0.15) is 16.1 Å². The number of nitrogens with zero attached hydrogens (tertiary/aromatic N) is 2. The average Bonchev–Trinajstić information content (AvgIpc) is 2.77. The second kappa shape index (κ2) is 4.69. The highest BCUT2D eigenvalue weighted by atomic mass is 79.9. The first-order chi connectivity index (χ1) is 8.79. The van der Waals surface area contributed by atoms with Crippen molar-refractivity contribution < 1.29 is 23.1 Å². The van der Waals surface area contributed by atoms with Crippen molar-refractivity contribution in [1.82, 2.24) is 9.78 Å². The Morgan fingerprint density at radius 2 is 2.00 bits per heavy atom. The number of carboxylic acids is 1. The van der Waals surface area contributed by atoms with Gasteiger partial charge in [-0.2, -0.15) is 18.3 Å². The van der Waals surface area contributed by atoms with Crippen molar-refractivity contribution in [2.24, 2.45) is 0 Å². The Morgan fingerprint density at radius 3 is 2.53 bits per heavy atom. The molecule has 0 atom stereocenters. The fourth-order valence-electron chi connectivity index (χ4n) is 1.49. The van der Waals surface area contributed by atoms with Gasteiger partial charge in [0, 0.05) is 10.7 Å². The number of carbonyl (C=O) groups is 1. The Bertz CT molecular complexity index is 637. The maximum Gasteiger partial charge on any atom is 0.435 e. The van der Waals surface area contributed by atoms with E-state index in [1.54, 1.807) is 0 Å². The van der Waals surface area contributed by atoms with Gasteiger partial charge in [0.05, 0.1) is 11.3 Å². The molecule has 0 spiro atoms. The standard InChI is InChI=1S/C11H6BrF3N2O2/c12-6-1-2-8(7(5-6)10(18)19)17-4-3-9(16-17)11(13,14)15/h1-5H,(H,18,19). The maximum atomic E-state index is 12.4. The lowest BCUT2D eigenvalue weighted by molar-refractivity contribution is -0.141. The van der Waals surface area contributed by atoms with Crippen LogP contribution in [-0.4, -0.2) is 20.9 Å². The highest BCUT2D eigenvalue weighted by Gasteiger charge is 2.33. The van der Waals surface area contributed by atoms with Gasteiger partial charge in [-0.25, -0.2) is 9.48 Å². The van der Waals surface area contributed by atoms with E-state index in [1.807, 2.05) is 0 Å². The third kappa shape index (κ3) is 2.78. The van der Waals surface area contributed by atoms with E-state index in [9.17, 15) is 18.0 Å². The maximum absolute atomic E-state index is 12.4. The molecule has 0 unspecified atom stereocenters. The Kier molecular flexibility index (Phi) is 3.36. The Morgan fingerprint density at radius 1 is 1.32 bits per heavy atom. The molecular formula is C11H6BrF3N2O2. The lowest BCUT2D eigenvalue weighted by atomic mass is 10.2. The van der Waals surface area contributed by atoms with Gasteiger partial charge in [0.15, 0.2) is 5.69 Å². The lowest BCUT2D eigenvalue weighted by Crippen LogP contribution is -2.09. The number of halogens is 4. The van der Waals surface area contributed by atoms with Crippen LogP contribution < -0.4 is 0 Å². The molecule has 1 N–H and O–H groups in total. The SMILES string of the molecule is O=C(O)c1cc(Br)ccc1-n1ccc(C(F)(F)F)n1. The topological polar surface area (TPSA) is 55.1 Å². The Labute approximate surface area is 113 Å². The molecule has 1 aromatic heterocycles. The zero-order chi connectivity index (χ0) is 14.2. The van der Waals surface area contributed by atoms with Gasteiger partial charge in [-0.1, -0.05) is 15.9 Å². The fraction of sp³-hybridized carbons (Fsp3) is 0.0909. The number of hydrogen-bond acceptors (Lipinski definition) is 2. The van der Waals surface area contributed by atoms with Crippen molar-refractivity contribution >= 4 is 21.9 Å². The summed E-state index contributed by atoms with van der Waals surface area (Å²) in [6.07, 6.45) is -3.50. The molecule has 19 heavy (non-hydrogen) atoms. The summed E-state index contributed by atoms with van der Waals surface area (Å²) >= 11 is 3.10. The predicted octanol–water partition coefficient (Wildman–Crippen LogP) is 3.35. The summed E-state index contributed by atoms with van der Waals surface area (Å²) in [6.45, 7) is 0. The van der Waals surface area contributed by atoms with Crippen molar-refractivity contribution in [3.63, 3.8) is 0 Å². The first kappa shape index (κ1) is 13.6. The second-order valence-corrected chi connectivity index (χ2v) is 4.53. The molecule has 0 amide bonds. The molecule has 2 aromatic rings. The lowest BCUT2D eigenvalue weighted by Gasteiger charge is -2.07. The summed E-state index contributed by atoms with van der Waals surface area (Å²) in [5.41, 5.74) is -1.16. The van der Waals surface area contributed by atoms with Gasteiger partial charge in [-0.3, -0.25) is 0 Å². The van der Waals surface area contributed by atoms with Crippen LogP contribution in [0.2, 0.25) is 0 Å². The third-order valence-electron chi connectivity index (χ3n) is 2.32. The summed E-state index contributed by atoms with van der Waals surface area (Å²) < 4.78 is 38.7. The molecule has 1 aromatic carbocycles. The minimum atomic E-state index is -4.57. The van der Waals surface area contributed by atoms with Gasteiger partial charge in [-0.15, -0.1) is 0 Å². The van der Waals surface area contributed by atoms with Gasteiger partial charge in [0.1, 0.15) is 0 Å². The first-order valence-corrected chi connectivity index (χ1v) is 5.74. The normalized spacial score (nSPS) is 11.6. The van der Waals surface area contributed by atoms with E-state index < -0.39 is 17.8 Å². The van der Waals surface area contributed by atoms with E-state index in [4.69, 9.17) is 5.11 Å². The van der Waals surface area contributed by atoms with E-state index >= 15 is 0 Å². The molecule has 0 saturated heterocycles. The third-order valence-corrected chi connectivity index (χ3v) is 2.81. The molecule has 0 aliphatic carbocycles. The number of aromatic carboxylic acids is 1. The van der Waals surface area contributed by atoms with Crippen LogP contribution in [0, 0.1) is 0 Å². The minimum Gasteiger partial charge on any atom is -0.478 e. The first-order valence-electron chi connectivity index (χ1n) is 4.95. The Balaban J connectivity index is 2.53. The number of benzene rings is 1. The van der Waals surface area contributed by atoms with Crippen molar-refractivity contribution in [2.75, 3.05) is 0 Å². The highest BCUT2D eigenvalue weighted by Crippen LogP contribution is 2.28. The molecule has 0 radical (unpaired) electrons. The summed E-state index contributed by atoms with van der Waals surface area (Å²) in [4.78, 5) is 11.1. The molecule has 100 valence electrons. The Hall–Kier alpha value is -1.83. The number of rotatable bonds is 2. The fourth-order valence-corrected chi connectivity index (χ4v) is 1.85. The van der Waals surface area contributed by atoms with Crippen molar-refractivity contribution in [1.29, 1.82) is 0 Å². The van der Waals surface area contributed by atoms with Crippen LogP contribution in [0.4, 0.5) is 13.2 Å². The molecule has 0 aliphatic rings. The zero-order valence-corrected chi connectivity index (χ0v) is 10.7. The zero-order valence-electron chi connectivity index (χ0n) is 9.15. The summed E-state index contributed by atoms with van der Waals surface area (Å²) in [5.74, 6) is -1.25. The van der Waals surface area contributed by atoms with Crippen molar-refractivity contribution in [3.8, 4) is 5.69 Å². The minimum absolute atomic E-state index is 0.0613. The molecule has 4 nitrogen and oxygen atoms in total. The highest BCUT2D eigenvalue weighted by molar-refractivity contribution is 9.10. The van der Waals surface area contributed by atoms with E-state index in [-0.39, 0.29) is 11.3 Å². The van der Waals surface area contributed by atoms with Crippen LogP contribution in [0.25, 0.3) is 5.69 Å². The number of alkyl halides is 3. The van der Waals surface area contributed by atoms with E-state index in [0.29, 0.717) is 4.47 Å². The quantitative estimate of drug-likeness (QED) is 0.916. The molecule has 0 fully saturated rings. The monoisotopic (exact) mass is 334 g/mol. The number of hydrogen-bond donors (Lipinski definition) is 1. The summed E-state index contributed by atoms with van der Waals surface area (Å²) in [7, 11) is 0. The van der Waals surface area contributed by atoms with Crippen molar-refractivity contribution in [2.45, 2.75) is 6.18 Å². The van der Waals surface area contributed by atoms with Crippen LogP contribution in [-0.2, 0) is 6.18 Å². The van der Waals surface area contributed by atoms with E-state index in [0.717, 1.165) is 16.9 Å². The number of aromatic nitrogens is 2. The van der Waals surface area contributed by atoms with Gasteiger partial charge in [0.25, 0.3) is 0 Å². The van der Waals surface area contributed by atoms with Crippen molar-refractivity contribution in [3.05, 3.63) is 46.2 Å². The van der Waals surface area contributed by atoms with Gasteiger partial charge in [0.2, 0.25) is 0 Å².